The van der Waals surface area contributed by atoms with E-state index in [1.807, 2.05) is 0 Å². The van der Waals surface area contributed by atoms with Crippen LogP contribution in [0.1, 0.15) is 26.2 Å². The van der Waals surface area contributed by atoms with Crippen molar-refractivity contribution >= 4 is 16.0 Å². The minimum Gasteiger partial charge on any atom is -0.480 e. The van der Waals surface area contributed by atoms with Crippen molar-refractivity contribution in [2.75, 3.05) is 19.7 Å². The second-order valence-corrected chi connectivity index (χ2v) is 6.66. The lowest BCUT2D eigenvalue weighted by Crippen LogP contribution is -2.46. The summed E-state index contributed by atoms with van der Waals surface area (Å²) in [6.07, 6.45) is 2.16. The SMILES string of the molecule is CC(C(=O)O)S(=O)(=O)N1CCCC(CCO)C1. The minimum atomic E-state index is -3.76. The highest BCUT2D eigenvalue weighted by Crippen LogP contribution is 2.23. The van der Waals surface area contributed by atoms with Crippen LogP contribution in [0.5, 0.6) is 0 Å². The fourth-order valence-corrected chi connectivity index (χ4v) is 3.53. The van der Waals surface area contributed by atoms with Crippen molar-refractivity contribution in [1.82, 2.24) is 4.31 Å². The molecule has 0 amide bonds. The smallest absolute Gasteiger partial charge is 0.323 e. The number of aliphatic hydroxyl groups excluding tert-OH is 1. The molecule has 1 fully saturated rings. The van der Waals surface area contributed by atoms with E-state index in [1.54, 1.807) is 0 Å². The van der Waals surface area contributed by atoms with Crippen molar-refractivity contribution in [1.29, 1.82) is 0 Å². The molecule has 0 aromatic heterocycles. The largest absolute Gasteiger partial charge is 0.480 e. The Balaban J connectivity index is 2.75. The molecule has 1 aliphatic rings. The molecule has 0 bridgehead atoms. The van der Waals surface area contributed by atoms with Crippen LogP contribution in [0.15, 0.2) is 0 Å². The van der Waals surface area contributed by atoms with Crippen molar-refractivity contribution < 1.29 is 23.4 Å². The summed E-state index contributed by atoms with van der Waals surface area (Å²) in [7, 11) is -3.76. The van der Waals surface area contributed by atoms with E-state index in [4.69, 9.17) is 10.2 Å². The molecular weight excluding hydrogens is 246 g/mol. The first-order valence-corrected chi connectivity index (χ1v) is 7.22. The molecule has 0 radical (unpaired) electrons. The third-order valence-corrected chi connectivity index (χ3v) is 5.32. The molecule has 0 saturated carbocycles. The van der Waals surface area contributed by atoms with Gasteiger partial charge in [0, 0.05) is 19.7 Å². The number of aliphatic carboxylic acids is 1. The third kappa shape index (κ3) is 3.40. The highest BCUT2D eigenvalue weighted by molar-refractivity contribution is 7.90. The lowest BCUT2D eigenvalue weighted by molar-refractivity contribution is -0.136. The molecule has 0 spiro atoms. The van der Waals surface area contributed by atoms with E-state index < -0.39 is 21.2 Å². The van der Waals surface area contributed by atoms with Crippen molar-refractivity contribution in [3.05, 3.63) is 0 Å². The zero-order valence-corrected chi connectivity index (χ0v) is 10.7. The van der Waals surface area contributed by atoms with E-state index in [2.05, 4.69) is 0 Å². The number of hydrogen-bond acceptors (Lipinski definition) is 4. The maximum Gasteiger partial charge on any atom is 0.323 e. The van der Waals surface area contributed by atoms with Crippen LogP contribution >= 0.6 is 0 Å². The molecule has 17 heavy (non-hydrogen) atoms. The molecule has 2 atom stereocenters. The summed E-state index contributed by atoms with van der Waals surface area (Å²) in [6.45, 7) is 1.92. The number of rotatable bonds is 5. The van der Waals surface area contributed by atoms with E-state index in [0.717, 1.165) is 12.8 Å². The van der Waals surface area contributed by atoms with E-state index in [0.29, 0.717) is 19.5 Å². The van der Waals surface area contributed by atoms with E-state index in [-0.39, 0.29) is 12.5 Å². The van der Waals surface area contributed by atoms with Gasteiger partial charge in [0.05, 0.1) is 0 Å². The maximum atomic E-state index is 12.0. The van der Waals surface area contributed by atoms with Gasteiger partial charge in [0.2, 0.25) is 10.0 Å². The molecular formula is C10H19NO5S. The number of carboxylic acid groups (broad SMARTS) is 1. The Morgan fingerprint density at radius 1 is 1.53 bits per heavy atom. The summed E-state index contributed by atoms with van der Waals surface area (Å²) in [5, 5.41) is 16.2. The first-order valence-electron chi connectivity index (χ1n) is 5.72. The van der Waals surface area contributed by atoms with Gasteiger partial charge < -0.3 is 10.2 Å². The number of sulfonamides is 1. The van der Waals surface area contributed by atoms with Crippen molar-refractivity contribution in [2.24, 2.45) is 5.92 Å². The van der Waals surface area contributed by atoms with Crippen LogP contribution in [0.2, 0.25) is 0 Å². The number of nitrogens with zero attached hydrogens (tertiary/aromatic N) is 1. The molecule has 0 aliphatic carbocycles. The number of piperidine rings is 1. The molecule has 6 nitrogen and oxygen atoms in total. The summed E-state index contributed by atoms with van der Waals surface area (Å²) in [6, 6.07) is 0. The van der Waals surface area contributed by atoms with Gasteiger partial charge in [-0.1, -0.05) is 0 Å². The Morgan fingerprint density at radius 3 is 2.71 bits per heavy atom. The number of hydrogen-bond donors (Lipinski definition) is 2. The summed E-state index contributed by atoms with van der Waals surface area (Å²) in [5.41, 5.74) is 0. The average Bonchev–Trinajstić information content (AvgIpc) is 2.28. The van der Waals surface area contributed by atoms with Gasteiger partial charge in [-0.3, -0.25) is 4.79 Å². The van der Waals surface area contributed by atoms with Crippen LogP contribution in [-0.4, -0.2) is 53.9 Å². The highest BCUT2D eigenvalue weighted by Gasteiger charge is 2.36. The predicted molar refractivity (Wildman–Crippen MR) is 62.0 cm³/mol. The van der Waals surface area contributed by atoms with Crippen molar-refractivity contribution in [3.8, 4) is 0 Å². The Labute approximate surface area is 101 Å². The first-order chi connectivity index (χ1) is 7.89. The zero-order chi connectivity index (χ0) is 13.1. The van der Waals surface area contributed by atoms with E-state index in [9.17, 15) is 13.2 Å². The van der Waals surface area contributed by atoms with Crippen LogP contribution in [0, 0.1) is 5.92 Å². The fraction of sp³-hybridized carbons (Fsp3) is 0.900. The minimum absolute atomic E-state index is 0.0348. The summed E-state index contributed by atoms with van der Waals surface area (Å²) in [5.74, 6) is -1.20. The molecule has 1 aliphatic heterocycles. The lowest BCUT2D eigenvalue weighted by atomic mass is 9.97. The first kappa shape index (κ1) is 14.4. The van der Waals surface area contributed by atoms with Crippen LogP contribution in [0.25, 0.3) is 0 Å². The molecule has 1 saturated heterocycles. The van der Waals surface area contributed by atoms with Gasteiger partial charge in [-0.2, -0.15) is 0 Å². The molecule has 0 aromatic carbocycles. The molecule has 1 heterocycles. The van der Waals surface area contributed by atoms with Crippen molar-refractivity contribution in [3.63, 3.8) is 0 Å². The predicted octanol–water partition coefficient (Wildman–Crippen LogP) is -0.116. The van der Waals surface area contributed by atoms with Crippen molar-refractivity contribution in [2.45, 2.75) is 31.4 Å². The normalized spacial score (nSPS) is 24.5. The Hall–Kier alpha value is -0.660. The quantitative estimate of drug-likeness (QED) is 0.723. The maximum absolute atomic E-state index is 12.0. The van der Waals surface area contributed by atoms with Gasteiger partial charge in [0.15, 0.2) is 5.25 Å². The fourth-order valence-electron chi connectivity index (χ4n) is 2.03. The standard InChI is InChI=1S/C10H19NO5S/c1-8(10(13)14)17(15,16)11-5-2-3-9(7-11)4-6-12/h8-9,12H,2-7H2,1H3,(H,13,14). The van der Waals surface area contributed by atoms with Gasteiger partial charge in [-0.25, -0.2) is 12.7 Å². The van der Waals surface area contributed by atoms with Crippen LogP contribution in [0.4, 0.5) is 0 Å². The second-order valence-electron chi connectivity index (χ2n) is 4.40. The molecule has 2 N–H and O–H groups in total. The number of carboxylic acids is 1. The monoisotopic (exact) mass is 265 g/mol. The second kappa shape index (κ2) is 5.79. The molecule has 0 aromatic rings. The topological polar surface area (TPSA) is 94.9 Å². The Bertz CT molecular complexity index is 365. The zero-order valence-electron chi connectivity index (χ0n) is 9.87. The molecule has 7 heteroatoms. The Morgan fingerprint density at radius 2 is 2.18 bits per heavy atom. The average molecular weight is 265 g/mol. The van der Waals surface area contributed by atoms with Gasteiger partial charge in [0.1, 0.15) is 0 Å². The van der Waals surface area contributed by atoms with Gasteiger partial charge >= 0.3 is 5.97 Å². The Kier molecular flexibility index (Phi) is 4.91. The van der Waals surface area contributed by atoms with Gasteiger partial charge in [0.25, 0.3) is 0 Å². The van der Waals surface area contributed by atoms with E-state index >= 15 is 0 Å². The van der Waals surface area contributed by atoms with Crippen LogP contribution in [0.3, 0.4) is 0 Å². The molecule has 2 unspecified atom stereocenters. The summed E-state index contributed by atoms with van der Waals surface area (Å²) >= 11 is 0. The lowest BCUT2D eigenvalue weighted by Gasteiger charge is -2.32. The molecule has 1 rings (SSSR count). The summed E-state index contributed by atoms with van der Waals surface area (Å²) in [4.78, 5) is 10.8. The van der Waals surface area contributed by atoms with Crippen LogP contribution < -0.4 is 0 Å². The number of carbonyl (C=O) groups is 1. The molecule has 100 valence electrons. The third-order valence-electron chi connectivity index (χ3n) is 3.17. The summed E-state index contributed by atoms with van der Waals surface area (Å²) < 4.78 is 25.2. The van der Waals surface area contributed by atoms with Gasteiger partial charge in [-0.15, -0.1) is 0 Å². The highest BCUT2D eigenvalue weighted by atomic mass is 32.2. The van der Waals surface area contributed by atoms with Crippen LogP contribution in [-0.2, 0) is 14.8 Å². The van der Waals surface area contributed by atoms with E-state index in [1.165, 1.54) is 11.2 Å². The number of aliphatic hydroxyl groups is 1. The van der Waals surface area contributed by atoms with Gasteiger partial charge in [-0.05, 0) is 32.1 Å².